The van der Waals surface area contributed by atoms with Crippen molar-refractivity contribution < 1.29 is 14.6 Å². The lowest BCUT2D eigenvalue weighted by atomic mass is 9.92. The van der Waals surface area contributed by atoms with Crippen molar-refractivity contribution in [3.8, 4) is 0 Å². The number of hydrogen-bond donors (Lipinski definition) is 2. The molecule has 0 heterocycles. The number of nitrogens with one attached hydrogen (secondary N) is 1. The molecule has 0 radical (unpaired) electrons. The van der Waals surface area contributed by atoms with Crippen molar-refractivity contribution >= 4 is 5.97 Å². The van der Waals surface area contributed by atoms with E-state index < -0.39 is 11.5 Å². The second-order valence-electron chi connectivity index (χ2n) is 6.76. The van der Waals surface area contributed by atoms with Crippen LogP contribution in [-0.2, 0) is 9.53 Å². The summed E-state index contributed by atoms with van der Waals surface area (Å²) >= 11 is 0. The van der Waals surface area contributed by atoms with Gasteiger partial charge in [-0.1, -0.05) is 27.7 Å². The molecule has 0 rings (SSSR count). The van der Waals surface area contributed by atoms with Gasteiger partial charge in [-0.25, -0.2) is 0 Å². The summed E-state index contributed by atoms with van der Waals surface area (Å²) in [4.78, 5) is 11.4. The normalized spacial score (nSPS) is 16.9. The summed E-state index contributed by atoms with van der Waals surface area (Å²) in [7, 11) is 0. The zero-order valence-corrected chi connectivity index (χ0v) is 13.4. The molecule has 0 bridgehead atoms. The lowest BCUT2D eigenvalue weighted by Gasteiger charge is -2.29. The van der Waals surface area contributed by atoms with Crippen LogP contribution in [0.2, 0.25) is 0 Å². The first-order chi connectivity index (χ1) is 8.60. The summed E-state index contributed by atoms with van der Waals surface area (Å²) in [6, 6.07) is 0. The summed E-state index contributed by atoms with van der Waals surface area (Å²) in [5.41, 5.74) is -0.659. The van der Waals surface area contributed by atoms with Gasteiger partial charge in [0.2, 0.25) is 0 Å². The molecule has 4 heteroatoms. The first kappa shape index (κ1) is 18.4. The third-order valence-corrected chi connectivity index (χ3v) is 3.19. The molecule has 0 aromatic rings. The van der Waals surface area contributed by atoms with Gasteiger partial charge in [-0.2, -0.15) is 0 Å². The predicted octanol–water partition coefficient (Wildman–Crippen LogP) is 3.06. The third kappa shape index (κ3) is 8.22. The number of hydrogen-bond acceptors (Lipinski definition) is 3. The van der Waals surface area contributed by atoms with Gasteiger partial charge in [0.1, 0.15) is 5.54 Å². The fourth-order valence-corrected chi connectivity index (χ4v) is 1.84. The van der Waals surface area contributed by atoms with E-state index in [9.17, 15) is 9.90 Å². The van der Waals surface area contributed by atoms with Crippen LogP contribution in [0.25, 0.3) is 0 Å². The molecular formula is C15H31NO3. The molecule has 0 aliphatic rings. The molecule has 0 saturated carbocycles. The van der Waals surface area contributed by atoms with Crippen LogP contribution in [0.15, 0.2) is 0 Å². The van der Waals surface area contributed by atoms with Crippen molar-refractivity contribution in [1.82, 2.24) is 5.32 Å². The number of rotatable bonds is 9. The molecule has 0 aliphatic heterocycles. The Morgan fingerprint density at radius 3 is 2.32 bits per heavy atom. The van der Waals surface area contributed by atoms with Crippen molar-refractivity contribution in [2.75, 3.05) is 13.2 Å². The molecule has 0 saturated heterocycles. The van der Waals surface area contributed by atoms with Crippen LogP contribution in [0, 0.1) is 5.41 Å². The van der Waals surface area contributed by atoms with Crippen LogP contribution in [-0.4, -0.2) is 35.9 Å². The molecule has 0 fully saturated rings. The minimum absolute atomic E-state index is 0.0622. The molecule has 2 atom stereocenters. The number of carboxylic acid groups (broad SMARTS) is 1. The second-order valence-corrected chi connectivity index (χ2v) is 6.76. The van der Waals surface area contributed by atoms with E-state index in [4.69, 9.17) is 4.74 Å². The zero-order chi connectivity index (χ0) is 15.1. The summed E-state index contributed by atoms with van der Waals surface area (Å²) in [5.74, 6) is -0.813. The van der Waals surface area contributed by atoms with Gasteiger partial charge < -0.3 is 15.2 Å². The molecule has 0 aromatic heterocycles. The van der Waals surface area contributed by atoms with Crippen molar-refractivity contribution in [3.63, 3.8) is 0 Å². The monoisotopic (exact) mass is 273 g/mol. The molecule has 114 valence electrons. The van der Waals surface area contributed by atoms with Crippen LogP contribution in [0.4, 0.5) is 0 Å². The topological polar surface area (TPSA) is 58.6 Å². The largest absolute Gasteiger partial charge is 0.480 e. The van der Waals surface area contributed by atoms with Crippen molar-refractivity contribution in [2.24, 2.45) is 5.41 Å². The average molecular weight is 273 g/mol. The quantitative estimate of drug-likeness (QED) is 0.678. The van der Waals surface area contributed by atoms with Gasteiger partial charge in [0, 0.05) is 13.0 Å². The van der Waals surface area contributed by atoms with Crippen LogP contribution in [0.5, 0.6) is 0 Å². The lowest BCUT2D eigenvalue weighted by Crippen LogP contribution is -2.51. The van der Waals surface area contributed by atoms with Gasteiger partial charge in [-0.3, -0.25) is 4.79 Å². The zero-order valence-electron chi connectivity index (χ0n) is 13.4. The Kier molecular flexibility index (Phi) is 7.60. The van der Waals surface area contributed by atoms with E-state index >= 15 is 0 Å². The fraction of sp³-hybridized carbons (Fsp3) is 0.933. The number of carbonyl (C=O) groups is 1. The van der Waals surface area contributed by atoms with E-state index in [1.54, 1.807) is 6.92 Å². The minimum atomic E-state index is -0.906. The third-order valence-electron chi connectivity index (χ3n) is 3.19. The Balaban J connectivity index is 4.24. The average Bonchev–Trinajstić information content (AvgIpc) is 2.24. The highest BCUT2D eigenvalue weighted by molar-refractivity contribution is 5.78. The summed E-state index contributed by atoms with van der Waals surface area (Å²) in [5, 5.41) is 12.4. The van der Waals surface area contributed by atoms with Gasteiger partial charge in [0.15, 0.2) is 0 Å². The highest BCUT2D eigenvalue weighted by atomic mass is 16.5. The Bertz CT molecular complexity index is 273. The summed E-state index contributed by atoms with van der Waals surface area (Å²) in [6.45, 7) is 13.6. The van der Waals surface area contributed by atoms with E-state index in [2.05, 4.69) is 26.1 Å². The second kappa shape index (κ2) is 7.85. The minimum Gasteiger partial charge on any atom is -0.480 e. The van der Waals surface area contributed by atoms with Gasteiger partial charge in [0.25, 0.3) is 0 Å². The van der Waals surface area contributed by atoms with Gasteiger partial charge in [0.05, 0.1) is 6.10 Å². The molecule has 0 aromatic carbocycles. The fourth-order valence-electron chi connectivity index (χ4n) is 1.84. The number of carboxylic acids is 1. The maximum Gasteiger partial charge on any atom is 0.323 e. The van der Waals surface area contributed by atoms with Crippen molar-refractivity contribution in [1.29, 1.82) is 0 Å². The Morgan fingerprint density at radius 1 is 1.32 bits per heavy atom. The van der Waals surface area contributed by atoms with E-state index in [0.717, 1.165) is 12.8 Å². The van der Waals surface area contributed by atoms with E-state index in [-0.39, 0.29) is 11.5 Å². The van der Waals surface area contributed by atoms with Crippen LogP contribution >= 0.6 is 0 Å². The van der Waals surface area contributed by atoms with Crippen LogP contribution < -0.4 is 5.32 Å². The number of aliphatic carboxylic acids is 1. The Morgan fingerprint density at radius 2 is 1.89 bits per heavy atom. The molecular weight excluding hydrogens is 242 g/mol. The predicted molar refractivity (Wildman–Crippen MR) is 78.4 cm³/mol. The first-order valence-corrected chi connectivity index (χ1v) is 7.21. The van der Waals surface area contributed by atoms with Gasteiger partial charge in [-0.05, 0) is 38.6 Å². The van der Waals surface area contributed by atoms with Crippen LogP contribution in [0.1, 0.15) is 60.8 Å². The summed E-state index contributed by atoms with van der Waals surface area (Å²) < 4.78 is 5.74. The highest BCUT2D eigenvalue weighted by Crippen LogP contribution is 2.20. The Labute approximate surface area is 117 Å². The standard InChI is InChI=1S/C15H31NO3/c1-7-9-16-15(6,13(17)18)11-12(2)19-10-8-14(3,4)5/h12,16H,7-11H2,1-6H3,(H,17,18). The first-order valence-electron chi connectivity index (χ1n) is 7.21. The van der Waals surface area contributed by atoms with E-state index in [1.807, 2.05) is 13.8 Å². The van der Waals surface area contributed by atoms with Crippen molar-refractivity contribution in [2.45, 2.75) is 72.4 Å². The van der Waals surface area contributed by atoms with Crippen molar-refractivity contribution in [3.05, 3.63) is 0 Å². The molecule has 2 N–H and O–H groups in total. The Hall–Kier alpha value is -0.610. The molecule has 4 nitrogen and oxygen atoms in total. The molecule has 0 amide bonds. The molecule has 2 unspecified atom stereocenters. The highest BCUT2D eigenvalue weighted by Gasteiger charge is 2.34. The SMILES string of the molecule is CCCNC(C)(CC(C)OCCC(C)(C)C)C(=O)O. The molecule has 0 spiro atoms. The smallest absolute Gasteiger partial charge is 0.323 e. The van der Waals surface area contributed by atoms with E-state index in [1.165, 1.54) is 0 Å². The molecule has 19 heavy (non-hydrogen) atoms. The van der Waals surface area contributed by atoms with Gasteiger partial charge in [-0.15, -0.1) is 0 Å². The van der Waals surface area contributed by atoms with E-state index in [0.29, 0.717) is 19.6 Å². The maximum absolute atomic E-state index is 11.4. The lowest BCUT2D eigenvalue weighted by molar-refractivity contribution is -0.146. The number of ether oxygens (including phenoxy) is 1. The van der Waals surface area contributed by atoms with Gasteiger partial charge >= 0.3 is 5.97 Å². The summed E-state index contributed by atoms with van der Waals surface area (Å²) in [6.07, 6.45) is 2.31. The maximum atomic E-state index is 11.4. The van der Waals surface area contributed by atoms with Crippen LogP contribution in [0.3, 0.4) is 0 Å². The molecule has 0 aliphatic carbocycles.